The van der Waals surface area contributed by atoms with E-state index in [-0.39, 0.29) is 12.0 Å². The first-order valence-corrected chi connectivity index (χ1v) is 10.5. The molecule has 1 heterocycles. The van der Waals surface area contributed by atoms with Gasteiger partial charge in [-0.25, -0.2) is 9.59 Å². The van der Waals surface area contributed by atoms with Gasteiger partial charge < -0.3 is 14.8 Å². The van der Waals surface area contributed by atoms with E-state index in [9.17, 15) is 9.59 Å². The van der Waals surface area contributed by atoms with Crippen LogP contribution in [0.4, 0.5) is 4.79 Å². The van der Waals surface area contributed by atoms with E-state index in [1.807, 2.05) is 20.8 Å². The zero-order valence-electron chi connectivity index (χ0n) is 18.0. The number of carbonyl (C=O) groups is 2. The van der Waals surface area contributed by atoms with E-state index in [0.29, 0.717) is 24.4 Å². The summed E-state index contributed by atoms with van der Waals surface area (Å²) in [5.74, 6) is -0.371. The van der Waals surface area contributed by atoms with Gasteiger partial charge in [-0.1, -0.05) is 26.7 Å². The van der Waals surface area contributed by atoms with Crippen molar-refractivity contribution in [3.05, 3.63) is 0 Å². The summed E-state index contributed by atoms with van der Waals surface area (Å²) in [4.78, 5) is 26.3. The number of amides is 1. The molecule has 2 rings (SSSR count). The Morgan fingerprint density at radius 1 is 1.11 bits per heavy atom. The van der Waals surface area contributed by atoms with Crippen LogP contribution in [0.5, 0.6) is 0 Å². The van der Waals surface area contributed by atoms with Gasteiger partial charge in [0, 0.05) is 18.6 Å². The summed E-state index contributed by atoms with van der Waals surface area (Å²) in [5.41, 5.74) is -0.0821. The number of carbonyl (C=O) groups excluding carboxylic acids is 2. The van der Waals surface area contributed by atoms with Gasteiger partial charge in [0.2, 0.25) is 0 Å². The van der Waals surface area contributed by atoms with Crippen LogP contribution in [0.25, 0.3) is 0 Å². The second kappa shape index (κ2) is 8.80. The van der Waals surface area contributed by atoms with Gasteiger partial charge in [-0.3, -0.25) is 4.90 Å². The van der Waals surface area contributed by atoms with Crippen LogP contribution in [0.2, 0.25) is 0 Å². The minimum absolute atomic E-state index is 0.0994. The molecule has 2 fully saturated rings. The molecular weight excluding hydrogens is 344 g/mol. The van der Waals surface area contributed by atoms with Gasteiger partial charge in [0.15, 0.2) is 0 Å². The Balaban J connectivity index is 1.97. The van der Waals surface area contributed by atoms with Gasteiger partial charge in [0.1, 0.15) is 11.6 Å². The van der Waals surface area contributed by atoms with Crippen molar-refractivity contribution in [3.63, 3.8) is 0 Å². The lowest BCUT2D eigenvalue weighted by Crippen LogP contribution is -2.45. The van der Waals surface area contributed by atoms with Crippen LogP contribution in [0.15, 0.2) is 0 Å². The molecule has 1 saturated carbocycles. The van der Waals surface area contributed by atoms with Crippen LogP contribution in [-0.2, 0) is 14.3 Å². The summed E-state index contributed by atoms with van der Waals surface area (Å²) in [5, 5.41) is 3.70. The minimum atomic E-state index is -0.587. The van der Waals surface area contributed by atoms with E-state index in [0.717, 1.165) is 12.8 Å². The largest absolute Gasteiger partial charge is 0.467 e. The summed E-state index contributed by atoms with van der Waals surface area (Å²) in [6.07, 6.45) is 7.45. The second-order valence-electron chi connectivity index (χ2n) is 9.25. The molecule has 0 aromatic heterocycles. The molecule has 0 spiro atoms. The average Bonchev–Trinajstić information content (AvgIpc) is 3.04. The minimum Gasteiger partial charge on any atom is -0.467 e. The SMILES string of the molecule is CCC1(CC)CCC(N[C@H]2C[C@@H](C(=O)OC)N(C(=O)OC(C)(C)C)C2)CC1. The third-order valence-corrected chi connectivity index (χ3v) is 6.42. The lowest BCUT2D eigenvalue weighted by Gasteiger charge is -2.40. The molecule has 0 aromatic rings. The zero-order valence-corrected chi connectivity index (χ0v) is 18.0. The molecule has 6 nitrogen and oxygen atoms in total. The van der Waals surface area contributed by atoms with Crippen molar-refractivity contribution >= 4 is 12.1 Å². The Morgan fingerprint density at radius 2 is 1.70 bits per heavy atom. The van der Waals surface area contributed by atoms with E-state index in [1.165, 1.54) is 37.7 Å². The Hall–Kier alpha value is -1.30. The van der Waals surface area contributed by atoms with Gasteiger partial charge >= 0.3 is 12.1 Å². The lowest BCUT2D eigenvalue weighted by atomic mass is 9.69. The second-order valence-corrected chi connectivity index (χ2v) is 9.25. The summed E-state index contributed by atoms with van der Waals surface area (Å²) < 4.78 is 10.4. The molecule has 156 valence electrons. The maximum absolute atomic E-state index is 12.6. The Morgan fingerprint density at radius 3 is 2.19 bits per heavy atom. The van der Waals surface area contributed by atoms with Gasteiger partial charge in [-0.05, 0) is 58.3 Å². The number of hydrogen-bond acceptors (Lipinski definition) is 5. The zero-order chi connectivity index (χ0) is 20.2. The molecule has 1 N–H and O–H groups in total. The molecule has 27 heavy (non-hydrogen) atoms. The number of esters is 1. The highest BCUT2D eigenvalue weighted by molar-refractivity contribution is 5.82. The van der Waals surface area contributed by atoms with Crippen LogP contribution in [0.1, 0.15) is 79.6 Å². The Kier molecular flexibility index (Phi) is 7.17. The van der Waals surface area contributed by atoms with Gasteiger partial charge in [-0.2, -0.15) is 0 Å². The molecule has 6 heteroatoms. The van der Waals surface area contributed by atoms with Crippen LogP contribution in [-0.4, -0.2) is 54.3 Å². The number of ether oxygens (including phenoxy) is 2. The van der Waals surface area contributed by atoms with Crippen molar-refractivity contribution in [2.75, 3.05) is 13.7 Å². The molecular formula is C21H38N2O4. The van der Waals surface area contributed by atoms with E-state index in [1.54, 1.807) is 0 Å². The van der Waals surface area contributed by atoms with Crippen LogP contribution >= 0.6 is 0 Å². The predicted octanol–water partition coefficient (Wildman–Crippen LogP) is 3.88. The van der Waals surface area contributed by atoms with Crippen molar-refractivity contribution in [2.24, 2.45) is 5.41 Å². The maximum Gasteiger partial charge on any atom is 0.411 e. The number of rotatable bonds is 5. The fourth-order valence-electron chi connectivity index (χ4n) is 4.53. The first-order chi connectivity index (χ1) is 12.6. The fourth-order valence-corrected chi connectivity index (χ4v) is 4.53. The molecule has 1 amide bonds. The molecule has 1 saturated heterocycles. The first-order valence-electron chi connectivity index (χ1n) is 10.5. The van der Waals surface area contributed by atoms with Crippen molar-refractivity contribution in [2.45, 2.75) is 103 Å². The molecule has 2 aliphatic rings. The molecule has 2 atom stereocenters. The van der Waals surface area contributed by atoms with Gasteiger partial charge in [0.05, 0.1) is 7.11 Å². The average molecular weight is 383 g/mol. The highest BCUT2D eigenvalue weighted by atomic mass is 16.6. The number of likely N-dealkylation sites (tertiary alicyclic amines) is 1. The first kappa shape index (κ1) is 22.0. The molecule has 1 aliphatic heterocycles. The van der Waals surface area contributed by atoms with E-state index < -0.39 is 17.7 Å². The molecule has 0 aromatic carbocycles. The summed E-state index contributed by atoms with van der Waals surface area (Å²) >= 11 is 0. The quantitative estimate of drug-likeness (QED) is 0.731. The lowest BCUT2D eigenvalue weighted by molar-refractivity contribution is -0.145. The summed E-state index contributed by atoms with van der Waals surface area (Å²) in [7, 11) is 1.37. The maximum atomic E-state index is 12.6. The van der Waals surface area contributed by atoms with Crippen molar-refractivity contribution in [1.82, 2.24) is 10.2 Å². The van der Waals surface area contributed by atoms with E-state index in [4.69, 9.17) is 9.47 Å². The molecule has 0 bridgehead atoms. The highest BCUT2D eigenvalue weighted by Gasteiger charge is 2.43. The van der Waals surface area contributed by atoms with Gasteiger partial charge in [-0.15, -0.1) is 0 Å². The van der Waals surface area contributed by atoms with Crippen LogP contribution in [0, 0.1) is 5.41 Å². The van der Waals surface area contributed by atoms with Gasteiger partial charge in [0.25, 0.3) is 0 Å². The predicted molar refractivity (Wildman–Crippen MR) is 106 cm³/mol. The number of methoxy groups -OCH3 is 1. The van der Waals surface area contributed by atoms with Crippen molar-refractivity contribution in [1.29, 1.82) is 0 Å². The third-order valence-electron chi connectivity index (χ3n) is 6.42. The molecule has 1 aliphatic carbocycles. The van der Waals surface area contributed by atoms with E-state index in [2.05, 4.69) is 19.2 Å². The van der Waals surface area contributed by atoms with Crippen molar-refractivity contribution in [3.8, 4) is 0 Å². The fraction of sp³-hybridized carbons (Fsp3) is 0.905. The standard InChI is InChI=1S/C21H38N2O4/c1-7-21(8-2)11-9-15(10-12-21)22-16-13-17(18(24)26-6)23(14-16)19(25)27-20(3,4)5/h15-17,22H,7-14H2,1-6H3/t16-,17-/m0/s1. The summed E-state index contributed by atoms with van der Waals surface area (Å²) in [6, 6.07) is -0.0169. The molecule has 0 radical (unpaired) electrons. The number of hydrogen-bond donors (Lipinski definition) is 1. The molecule has 0 unspecified atom stereocenters. The highest BCUT2D eigenvalue weighted by Crippen LogP contribution is 2.42. The number of nitrogens with zero attached hydrogens (tertiary/aromatic N) is 1. The number of nitrogens with one attached hydrogen (secondary N) is 1. The van der Waals surface area contributed by atoms with Crippen molar-refractivity contribution < 1.29 is 19.1 Å². The Bertz CT molecular complexity index is 515. The normalized spacial score (nSPS) is 26.1. The summed E-state index contributed by atoms with van der Waals surface area (Å²) in [6.45, 7) is 10.6. The topological polar surface area (TPSA) is 67.9 Å². The Labute approximate surface area is 164 Å². The smallest absolute Gasteiger partial charge is 0.411 e. The third kappa shape index (κ3) is 5.59. The van der Waals surface area contributed by atoms with E-state index >= 15 is 0 Å². The van der Waals surface area contributed by atoms with Crippen LogP contribution in [0.3, 0.4) is 0 Å². The monoisotopic (exact) mass is 382 g/mol. The van der Waals surface area contributed by atoms with Crippen LogP contribution < -0.4 is 5.32 Å².